The van der Waals surface area contributed by atoms with Crippen molar-refractivity contribution in [2.24, 2.45) is 0 Å². The molecule has 5 nitrogen and oxygen atoms in total. The second kappa shape index (κ2) is 4.30. The maximum absolute atomic E-state index is 12.6. The summed E-state index contributed by atoms with van der Waals surface area (Å²) in [5.74, 6) is 0. The third-order valence-electron chi connectivity index (χ3n) is 2.40. The van der Waals surface area contributed by atoms with Gasteiger partial charge < -0.3 is 10.8 Å². The molecule has 0 saturated carbocycles. The van der Waals surface area contributed by atoms with Crippen molar-refractivity contribution in [2.75, 3.05) is 5.73 Å². The molecule has 0 aliphatic heterocycles. The Morgan fingerprint density at radius 2 is 2.05 bits per heavy atom. The number of rotatable bonds is 1. The van der Waals surface area contributed by atoms with E-state index in [4.69, 9.17) is 10.8 Å². The zero-order valence-corrected chi connectivity index (χ0v) is 9.35. The average Bonchev–Trinajstić information content (AvgIpc) is 2.71. The largest absolute Gasteiger partial charge is 0.463 e. The van der Waals surface area contributed by atoms with Crippen molar-refractivity contribution in [1.82, 2.24) is 9.78 Å². The van der Waals surface area contributed by atoms with E-state index in [0.717, 1.165) is 18.3 Å². The van der Waals surface area contributed by atoms with Crippen molar-refractivity contribution in [2.45, 2.75) is 6.18 Å². The first-order valence-corrected chi connectivity index (χ1v) is 5.05. The first kappa shape index (κ1) is 12.9. The molecule has 2 aromatic rings. The lowest BCUT2D eigenvalue weighted by molar-refractivity contribution is -0.137. The van der Waals surface area contributed by atoms with E-state index in [1.165, 1.54) is 12.1 Å². The van der Waals surface area contributed by atoms with Crippen LogP contribution in [0.5, 0.6) is 0 Å². The molecule has 0 saturated heterocycles. The van der Waals surface area contributed by atoms with Crippen LogP contribution in [-0.4, -0.2) is 21.0 Å². The second-order valence-electron chi connectivity index (χ2n) is 3.74. The molecule has 0 radical (unpaired) electrons. The maximum atomic E-state index is 12.6. The molecule has 1 heterocycles. The van der Waals surface area contributed by atoms with Crippen molar-refractivity contribution in [1.29, 1.82) is 0 Å². The standard InChI is InChI=1S/C11H8F3N3O2/c12-11(13,14)7-3-1-2-6(4-7)9-8(15)5-17(16-9)10(18)19/h1-5H,15H2,(H,18,19). The summed E-state index contributed by atoms with van der Waals surface area (Å²) in [7, 11) is 0. The lowest BCUT2D eigenvalue weighted by atomic mass is 10.1. The van der Waals surface area contributed by atoms with Crippen LogP contribution in [0.1, 0.15) is 5.56 Å². The molecule has 1 aromatic carbocycles. The Balaban J connectivity index is 2.50. The number of aromatic nitrogens is 2. The fourth-order valence-electron chi connectivity index (χ4n) is 1.55. The number of carbonyl (C=O) groups is 1. The van der Waals surface area contributed by atoms with Gasteiger partial charge in [-0.25, -0.2) is 4.79 Å². The highest BCUT2D eigenvalue weighted by Gasteiger charge is 2.30. The summed E-state index contributed by atoms with van der Waals surface area (Å²) in [5, 5.41) is 12.3. The highest BCUT2D eigenvalue weighted by atomic mass is 19.4. The molecular formula is C11H8F3N3O2. The number of hydrogen-bond donors (Lipinski definition) is 2. The van der Waals surface area contributed by atoms with Crippen LogP contribution in [0.25, 0.3) is 11.3 Å². The minimum atomic E-state index is -4.49. The van der Waals surface area contributed by atoms with Gasteiger partial charge in [0.15, 0.2) is 0 Å². The number of alkyl halides is 3. The smallest absolute Gasteiger partial charge is 0.432 e. The Bertz CT molecular complexity index is 634. The van der Waals surface area contributed by atoms with Crippen LogP contribution in [0, 0.1) is 0 Å². The van der Waals surface area contributed by atoms with Crippen LogP contribution < -0.4 is 5.73 Å². The molecular weight excluding hydrogens is 263 g/mol. The number of benzene rings is 1. The number of nitrogens with two attached hydrogens (primary N) is 1. The first-order valence-electron chi connectivity index (χ1n) is 5.05. The van der Waals surface area contributed by atoms with Crippen LogP contribution in [0.15, 0.2) is 30.5 Å². The summed E-state index contributed by atoms with van der Waals surface area (Å²) in [6.07, 6.45) is -4.83. The minimum absolute atomic E-state index is 0.00602. The van der Waals surface area contributed by atoms with E-state index in [1.807, 2.05) is 0 Å². The molecule has 8 heteroatoms. The van der Waals surface area contributed by atoms with E-state index in [9.17, 15) is 18.0 Å². The molecule has 0 aliphatic carbocycles. The van der Waals surface area contributed by atoms with Gasteiger partial charge in [0, 0.05) is 5.56 Å². The predicted molar refractivity (Wildman–Crippen MR) is 60.5 cm³/mol. The summed E-state index contributed by atoms with van der Waals surface area (Å²) in [5.41, 5.74) is 4.78. The number of halogens is 3. The summed E-state index contributed by atoms with van der Waals surface area (Å²) >= 11 is 0. The van der Waals surface area contributed by atoms with Gasteiger partial charge in [-0.3, -0.25) is 0 Å². The molecule has 2 rings (SSSR count). The Kier molecular flexibility index (Phi) is 2.93. The summed E-state index contributed by atoms with van der Waals surface area (Å²) in [6, 6.07) is 4.36. The number of hydrogen-bond acceptors (Lipinski definition) is 3. The normalized spacial score (nSPS) is 11.5. The zero-order valence-electron chi connectivity index (χ0n) is 9.35. The second-order valence-corrected chi connectivity index (χ2v) is 3.74. The zero-order chi connectivity index (χ0) is 14.2. The van der Waals surface area contributed by atoms with Crippen molar-refractivity contribution >= 4 is 11.8 Å². The van der Waals surface area contributed by atoms with Gasteiger partial charge in [-0.15, -0.1) is 0 Å². The van der Waals surface area contributed by atoms with Gasteiger partial charge in [0.1, 0.15) is 5.69 Å². The van der Waals surface area contributed by atoms with Crippen LogP contribution in [0.2, 0.25) is 0 Å². The van der Waals surface area contributed by atoms with Gasteiger partial charge in [-0.05, 0) is 12.1 Å². The Hall–Kier alpha value is -2.51. The van der Waals surface area contributed by atoms with E-state index >= 15 is 0 Å². The molecule has 0 amide bonds. The number of carboxylic acid groups (broad SMARTS) is 1. The van der Waals surface area contributed by atoms with Crippen molar-refractivity contribution < 1.29 is 23.1 Å². The van der Waals surface area contributed by atoms with Gasteiger partial charge in [-0.2, -0.15) is 23.0 Å². The van der Waals surface area contributed by atoms with Gasteiger partial charge >= 0.3 is 12.3 Å². The Morgan fingerprint density at radius 1 is 1.37 bits per heavy atom. The molecule has 0 aliphatic rings. The Morgan fingerprint density at radius 3 is 2.58 bits per heavy atom. The highest BCUT2D eigenvalue weighted by Crippen LogP contribution is 2.33. The van der Waals surface area contributed by atoms with Crippen LogP contribution >= 0.6 is 0 Å². The van der Waals surface area contributed by atoms with E-state index in [2.05, 4.69) is 5.10 Å². The third kappa shape index (κ3) is 2.51. The van der Waals surface area contributed by atoms with Gasteiger partial charge in [-0.1, -0.05) is 12.1 Å². The van der Waals surface area contributed by atoms with Crippen molar-refractivity contribution in [3.8, 4) is 11.3 Å². The van der Waals surface area contributed by atoms with Crippen LogP contribution in [-0.2, 0) is 6.18 Å². The predicted octanol–water partition coefficient (Wildman–Crippen LogP) is 2.68. The van der Waals surface area contributed by atoms with Gasteiger partial charge in [0.2, 0.25) is 0 Å². The molecule has 3 N–H and O–H groups in total. The minimum Gasteiger partial charge on any atom is -0.463 e. The maximum Gasteiger partial charge on any atom is 0.432 e. The molecule has 100 valence electrons. The molecule has 0 bridgehead atoms. The summed E-state index contributed by atoms with van der Waals surface area (Å²) in [4.78, 5) is 10.7. The first-order chi connectivity index (χ1) is 8.79. The van der Waals surface area contributed by atoms with Crippen molar-refractivity contribution in [3.05, 3.63) is 36.0 Å². The summed E-state index contributed by atoms with van der Waals surface area (Å²) in [6.45, 7) is 0. The topological polar surface area (TPSA) is 81.1 Å². The van der Waals surface area contributed by atoms with E-state index in [-0.39, 0.29) is 16.9 Å². The third-order valence-corrected chi connectivity index (χ3v) is 2.40. The molecule has 0 unspecified atom stereocenters. The lowest BCUT2D eigenvalue weighted by Gasteiger charge is -2.07. The van der Waals surface area contributed by atoms with Crippen molar-refractivity contribution in [3.63, 3.8) is 0 Å². The van der Waals surface area contributed by atoms with E-state index in [1.54, 1.807) is 0 Å². The van der Waals surface area contributed by atoms with E-state index in [0.29, 0.717) is 4.68 Å². The number of anilines is 1. The molecule has 19 heavy (non-hydrogen) atoms. The van der Waals surface area contributed by atoms with Gasteiger partial charge in [0.25, 0.3) is 0 Å². The quantitative estimate of drug-likeness (QED) is 0.835. The molecule has 0 atom stereocenters. The van der Waals surface area contributed by atoms with Gasteiger partial charge in [0.05, 0.1) is 17.4 Å². The average molecular weight is 271 g/mol. The molecule has 0 spiro atoms. The van der Waals surface area contributed by atoms with E-state index < -0.39 is 17.8 Å². The number of nitrogens with zero attached hydrogens (tertiary/aromatic N) is 2. The van der Waals surface area contributed by atoms with Crippen LogP contribution in [0.4, 0.5) is 23.7 Å². The highest BCUT2D eigenvalue weighted by molar-refractivity contribution is 5.76. The SMILES string of the molecule is Nc1cn(C(=O)O)nc1-c1cccc(C(F)(F)F)c1. The molecule has 1 aromatic heterocycles. The fourth-order valence-corrected chi connectivity index (χ4v) is 1.55. The van der Waals surface area contributed by atoms with Crippen LogP contribution in [0.3, 0.4) is 0 Å². The molecule has 0 fully saturated rings. The lowest BCUT2D eigenvalue weighted by Crippen LogP contribution is -2.08. The summed E-state index contributed by atoms with van der Waals surface area (Å²) < 4.78 is 38.2. The monoisotopic (exact) mass is 271 g/mol. The fraction of sp³-hybridized carbons (Fsp3) is 0.0909. The number of nitrogen functional groups attached to an aromatic ring is 1. The Labute approximate surface area is 105 Å².